The lowest BCUT2D eigenvalue weighted by atomic mass is 10.3. The molecule has 0 atom stereocenters. The molecule has 2 heterocycles. The lowest BCUT2D eigenvalue weighted by molar-refractivity contribution is 0.100. The maximum Gasteiger partial charge on any atom is 0.249 e. The molecule has 3 N–H and O–H groups in total. The van der Waals surface area contributed by atoms with Crippen molar-refractivity contribution >= 4 is 17.2 Å². The first-order valence-corrected chi connectivity index (χ1v) is 6.09. The maximum atomic E-state index is 10.9. The van der Waals surface area contributed by atoms with E-state index in [0.29, 0.717) is 5.56 Å². The van der Waals surface area contributed by atoms with E-state index in [2.05, 4.69) is 10.4 Å². The summed E-state index contributed by atoms with van der Waals surface area (Å²) in [6.45, 7) is 1.48. The monoisotopic (exact) mass is 250 g/mol. The number of hydrogen-bond donors (Lipinski definition) is 2. The minimum Gasteiger partial charge on any atom is -0.366 e. The van der Waals surface area contributed by atoms with Crippen molar-refractivity contribution in [2.24, 2.45) is 12.8 Å². The van der Waals surface area contributed by atoms with Crippen LogP contribution in [0.5, 0.6) is 0 Å². The summed E-state index contributed by atoms with van der Waals surface area (Å²) >= 11 is 1.53. The molecule has 2 aromatic heterocycles. The van der Waals surface area contributed by atoms with Gasteiger partial charge in [0.1, 0.15) is 0 Å². The molecule has 0 aliphatic carbocycles. The molecule has 90 valence electrons. The topological polar surface area (TPSA) is 72.9 Å². The van der Waals surface area contributed by atoms with Gasteiger partial charge in [-0.15, -0.1) is 11.3 Å². The number of rotatable bonds is 5. The quantitative estimate of drug-likeness (QED) is 0.827. The van der Waals surface area contributed by atoms with E-state index < -0.39 is 0 Å². The zero-order valence-electron chi connectivity index (χ0n) is 9.51. The van der Waals surface area contributed by atoms with Crippen molar-refractivity contribution in [1.29, 1.82) is 0 Å². The van der Waals surface area contributed by atoms with Gasteiger partial charge < -0.3 is 11.1 Å². The van der Waals surface area contributed by atoms with Crippen LogP contribution < -0.4 is 11.1 Å². The third kappa shape index (κ3) is 2.92. The van der Waals surface area contributed by atoms with Gasteiger partial charge in [0.15, 0.2) is 0 Å². The summed E-state index contributed by atoms with van der Waals surface area (Å²) in [6.07, 6.45) is 1.77. The fraction of sp³-hybridized carbons (Fsp3) is 0.273. The van der Waals surface area contributed by atoms with Crippen LogP contribution in [0, 0.1) is 0 Å². The summed E-state index contributed by atoms with van der Waals surface area (Å²) in [5, 5.41) is 9.16. The number of thiophene rings is 1. The number of hydrogen-bond acceptors (Lipinski definition) is 4. The molecule has 0 saturated heterocycles. The Labute approximate surface area is 103 Å². The van der Waals surface area contributed by atoms with Crippen LogP contribution in [0.4, 0.5) is 0 Å². The smallest absolute Gasteiger partial charge is 0.249 e. The number of carbonyl (C=O) groups excluding carboxylic acids is 1. The van der Waals surface area contributed by atoms with Gasteiger partial charge in [-0.1, -0.05) is 0 Å². The van der Waals surface area contributed by atoms with Crippen molar-refractivity contribution in [2.45, 2.75) is 13.1 Å². The highest BCUT2D eigenvalue weighted by Gasteiger charge is 2.04. The molecular formula is C11H14N4OS. The van der Waals surface area contributed by atoms with Crippen molar-refractivity contribution in [2.75, 3.05) is 0 Å². The Morgan fingerprint density at radius 1 is 1.59 bits per heavy atom. The summed E-state index contributed by atoms with van der Waals surface area (Å²) in [6, 6.07) is 3.79. The van der Waals surface area contributed by atoms with Crippen LogP contribution in [0.15, 0.2) is 23.7 Å². The Hall–Kier alpha value is -1.66. The summed E-state index contributed by atoms with van der Waals surface area (Å²) in [4.78, 5) is 12.0. The molecule has 6 heteroatoms. The molecule has 2 aromatic rings. The van der Waals surface area contributed by atoms with Crippen molar-refractivity contribution in [1.82, 2.24) is 15.1 Å². The summed E-state index contributed by atoms with van der Waals surface area (Å²) in [5.41, 5.74) is 6.89. The zero-order chi connectivity index (χ0) is 12.3. The Morgan fingerprint density at radius 3 is 3.00 bits per heavy atom. The van der Waals surface area contributed by atoms with Gasteiger partial charge in [-0.05, 0) is 12.1 Å². The second-order valence-electron chi connectivity index (χ2n) is 3.72. The molecule has 0 radical (unpaired) electrons. The zero-order valence-corrected chi connectivity index (χ0v) is 10.3. The normalized spacial score (nSPS) is 10.6. The number of aromatic nitrogens is 2. The molecule has 0 bridgehead atoms. The fourth-order valence-electron chi connectivity index (χ4n) is 1.49. The molecular weight excluding hydrogens is 236 g/mol. The number of nitrogens with two attached hydrogens (primary N) is 1. The Balaban J connectivity index is 1.86. The lowest BCUT2D eigenvalue weighted by Gasteiger charge is -2.03. The van der Waals surface area contributed by atoms with Crippen molar-refractivity contribution in [3.8, 4) is 0 Å². The van der Waals surface area contributed by atoms with Crippen LogP contribution in [0.2, 0.25) is 0 Å². The summed E-state index contributed by atoms with van der Waals surface area (Å²) < 4.78 is 1.83. The van der Waals surface area contributed by atoms with Crippen LogP contribution in [0.1, 0.15) is 20.9 Å². The number of amides is 1. The second kappa shape index (κ2) is 5.11. The highest BCUT2D eigenvalue weighted by molar-refractivity contribution is 7.10. The summed E-state index contributed by atoms with van der Waals surface area (Å²) in [7, 11) is 1.91. The predicted octanol–water partition coefficient (Wildman–Crippen LogP) is 0.870. The molecule has 17 heavy (non-hydrogen) atoms. The fourth-order valence-corrected chi connectivity index (χ4v) is 2.33. The van der Waals surface area contributed by atoms with Crippen molar-refractivity contribution in [3.05, 3.63) is 39.8 Å². The molecule has 0 aliphatic rings. The van der Waals surface area contributed by atoms with E-state index in [1.54, 1.807) is 11.6 Å². The van der Waals surface area contributed by atoms with E-state index in [1.165, 1.54) is 11.3 Å². The molecule has 0 unspecified atom stereocenters. The van der Waals surface area contributed by atoms with Crippen LogP contribution in [-0.4, -0.2) is 15.7 Å². The Kier molecular flexibility index (Phi) is 3.55. The van der Waals surface area contributed by atoms with E-state index in [-0.39, 0.29) is 5.91 Å². The van der Waals surface area contributed by atoms with E-state index in [9.17, 15) is 4.79 Å². The predicted molar refractivity (Wildman–Crippen MR) is 66.6 cm³/mol. The van der Waals surface area contributed by atoms with E-state index in [0.717, 1.165) is 23.7 Å². The molecule has 0 aliphatic heterocycles. The van der Waals surface area contributed by atoms with Gasteiger partial charge in [-0.3, -0.25) is 9.48 Å². The van der Waals surface area contributed by atoms with Crippen LogP contribution in [-0.2, 0) is 20.1 Å². The first-order chi connectivity index (χ1) is 8.16. The van der Waals surface area contributed by atoms with Gasteiger partial charge in [-0.2, -0.15) is 5.10 Å². The van der Waals surface area contributed by atoms with Gasteiger partial charge >= 0.3 is 0 Å². The molecule has 0 saturated carbocycles. The standard InChI is InChI=1S/C11H14N4OS/c1-15-9(2-3-14-15)5-13-6-10-4-8(7-17-10)11(12)16/h2-4,7,13H,5-6H2,1H3,(H2,12,16). The van der Waals surface area contributed by atoms with Crippen molar-refractivity contribution < 1.29 is 4.79 Å². The number of nitrogens with zero attached hydrogens (tertiary/aromatic N) is 2. The largest absolute Gasteiger partial charge is 0.366 e. The van der Waals surface area contributed by atoms with Gasteiger partial charge in [0, 0.05) is 36.6 Å². The van der Waals surface area contributed by atoms with Gasteiger partial charge in [0.05, 0.1) is 11.3 Å². The minimum absolute atomic E-state index is 0.376. The van der Waals surface area contributed by atoms with E-state index >= 15 is 0 Å². The van der Waals surface area contributed by atoms with Crippen molar-refractivity contribution in [3.63, 3.8) is 0 Å². The van der Waals surface area contributed by atoms with Crippen LogP contribution in [0.3, 0.4) is 0 Å². The Morgan fingerprint density at radius 2 is 2.41 bits per heavy atom. The molecule has 1 amide bonds. The average Bonchev–Trinajstić information content (AvgIpc) is 2.89. The highest BCUT2D eigenvalue weighted by atomic mass is 32.1. The lowest BCUT2D eigenvalue weighted by Crippen LogP contribution is -2.14. The third-order valence-electron chi connectivity index (χ3n) is 2.47. The molecule has 0 spiro atoms. The third-order valence-corrected chi connectivity index (χ3v) is 3.40. The Bertz CT molecular complexity index is 517. The number of aryl methyl sites for hydroxylation is 1. The molecule has 2 rings (SSSR count). The average molecular weight is 250 g/mol. The first-order valence-electron chi connectivity index (χ1n) is 5.21. The first kappa shape index (κ1) is 11.8. The maximum absolute atomic E-state index is 10.9. The molecule has 0 aromatic carbocycles. The number of nitrogens with one attached hydrogen (secondary N) is 1. The van der Waals surface area contributed by atoms with Gasteiger partial charge in [-0.25, -0.2) is 0 Å². The second-order valence-corrected chi connectivity index (χ2v) is 4.71. The summed E-state index contributed by atoms with van der Waals surface area (Å²) in [5.74, 6) is -0.376. The van der Waals surface area contributed by atoms with E-state index in [4.69, 9.17) is 5.73 Å². The van der Waals surface area contributed by atoms with Gasteiger partial charge in [0.25, 0.3) is 0 Å². The number of primary amides is 1. The van der Waals surface area contributed by atoms with Gasteiger partial charge in [0.2, 0.25) is 5.91 Å². The molecule has 0 fully saturated rings. The minimum atomic E-state index is -0.376. The van der Waals surface area contributed by atoms with Crippen LogP contribution >= 0.6 is 11.3 Å². The van der Waals surface area contributed by atoms with Crippen LogP contribution in [0.25, 0.3) is 0 Å². The molecule has 5 nitrogen and oxygen atoms in total. The van der Waals surface area contributed by atoms with E-state index in [1.807, 2.05) is 23.9 Å². The highest BCUT2D eigenvalue weighted by Crippen LogP contribution is 2.14. The number of carbonyl (C=O) groups is 1. The SMILES string of the molecule is Cn1nccc1CNCc1cc(C(N)=O)cs1.